The van der Waals surface area contributed by atoms with Crippen LogP contribution in [0.5, 0.6) is 0 Å². The van der Waals surface area contributed by atoms with Crippen LogP contribution in [0.3, 0.4) is 0 Å². The number of ether oxygens (including phenoxy) is 1. The summed E-state index contributed by atoms with van der Waals surface area (Å²) in [4.78, 5) is 12.3. The van der Waals surface area contributed by atoms with Gasteiger partial charge in [0, 0.05) is 24.6 Å². The molecule has 2 amide bonds. The topological polar surface area (TPSA) is 70.6 Å². The molecule has 3 N–H and O–H groups in total. The van der Waals surface area contributed by atoms with E-state index in [1.54, 1.807) is 0 Å². The number of aliphatic hydroxyl groups excluding tert-OH is 1. The highest BCUT2D eigenvalue weighted by Gasteiger charge is 2.47. The molecule has 5 heteroatoms. The second kappa shape index (κ2) is 6.13. The van der Waals surface area contributed by atoms with Gasteiger partial charge in [-0.1, -0.05) is 0 Å². The van der Waals surface area contributed by atoms with Crippen molar-refractivity contribution in [2.45, 2.75) is 70.2 Å². The van der Waals surface area contributed by atoms with Crippen LogP contribution in [-0.2, 0) is 4.74 Å². The van der Waals surface area contributed by atoms with Crippen LogP contribution in [0.2, 0.25) is 0 Å². The number of rotatable bonds is 3. The fraction of sp³-hybridized carbons (Fsp3) is 0.938. The molecule has 2 aliphatic carbocycles. The zero-order chi connectivity index (χ0) is 15.0. The Labute approximate surface area is 126 Å². The van der Waals surface area contributed by atoms with E-state index in [2.05, 4.69) is 24.5 Å². The highest BCUT2D eigenvalue weighted by molar-refractivity contribution is 5.74. The van der Waals surface area contributed by atoms with Gasteiger partial charge in [0.05, 0.1) is 12.2 Å². The zero-order valence-corrected chi connectivity index (χ0v) is 13.0. The molecule has 0 radical (unpaired) electrons. The number of amides is 2. The number of carbonyl (C=O) groups excluding carboxylic acids is 1. The van der Waals surface area contributed by atoms with Crippen LogP contribution < -0.4 is 10.6 Å². The third-order valence-electron chi connectivity index (χ3n) is 5.63. The van der Waals surface area contributed by atoms with Crippen molar-refractivity contribution in [1.82, 2.24) is 10.6 Å². The van der Waals surface area contributed by atoms with Gasteiger partial charge >= 0.3 is 6.03 Å². The first kappa shape index (κ1) is 15.1. The monoisotopic (exact) mass is 296 g/mol. The number of fused-ring (bicyclic) bond motifs is 2. The molecule has 1 heterocycles. The van der Waals surface area contributed by atoms with E-state index < -0.39 is 0 Å². The molecule has 0 aromatic heterocycles. The molecule has 0 spiro atoms. The first-order chi connectivity index (χ1) is 10.1. The Bertz CT molecular complexity index is 380. The van der Waals surface area contributed by atoms with Gasteiger partial charge in [-0.05, 0) is 57.8 Å². The second-order valence-electron chi connectivity index (χ2n) is 7.25. The maximum atomic E-state index is 12.3. The lowest BCUT2D eigenvalue weighted by Crippen LogP contribution is -2.53. The van der Waals surface area contributed by atoms with Crippen LogP contribution in [0.1, 0.15) is 46.0 Å². The summed E-state index contributed by atoms with van der Waals surface area (Å²) in [6.07, 6.45) is 5.72. The van der Waals surface area contributed by atoms with Crippen LogP contribution >= 0.6 is 0 Å². The van der Waals surface area contributed by atoms with E-state index in [9.17, 15) is 9.90 Å². The number of hydrogen-bond acceptors (Lipinski definition) is 3. The summed E-state index contributed by atoms with van der Waals surface area (Å²) >= 11 is 0. The molecule has 0 aromatic rings. The minimum absolute atomic E-state index is 0.0719. The lowest BCUT2D eigenvalue weighted by Gasteiger charge is -2.34. The van der Waals surface area contributed by atoms with E-state index in [0.717, 1.165) is 12.8 Å². The van der Waals surface area contributed by atoms with Gasteiger partial charge in [-0.25, -0.2) is 4.79 Å². The van der Waals surface area contributed by atoms with Crippen LogP contribution in [0.25, 0.3) is 0 Å². The third-order valence-corrected chi connectivity index (χ3v) is 5.63. The molecule has 120 valence electrons. The molecule has 21 heavy (non-hydrogen) atoms. The molecule has 0 aromatic carbocycles. The second-order valence-corrected chi connectivity index (χ2v) is 7.25. The van der Waals surface area contributed by atoms with Crippen molar-refractivity contribution in [2.24, 2.45) is 17.8 Å². The van der Waals surface area contributed by atoms with E-state index in [1.165, 1.54) is 19.3 Å². The average Bonchev–Trinajstić information content (AvgIpc) is 2.97. The molecule has 2 saturated carbocycles. The molecule has 3 fully saturated rings. The SMILES string of the molecule is CC1CC(NC(=O)NC2C3CCC(C3)C2CO)CC(C)O1. The first-order valence-corrected chi connectivity index (χ1v) is 8.40. The van der Waals surface area contributed by atoms with Crippen molar-refractivity contribution in [2.75, 3.05) is 6.61 Å². The van der Waals surface area contributed by atoms with E-state index in [-0.39, 0.29) is 42.8 Å². The Morgan fingerprint density at radius 3 is 2.43 bits per heavy atom. The van der Waals surface area contributed by atoms with Gasteiger partial charge in [0.25, 0.3) is 0 Å². The van der Waals surface area contributed by atoms with Gasteiger partial charge in [-0.15, -0.1) is 0 Å². The standard InChI is InChI=1S/C16H28N2O3/c1-9-5-13(6-10(2)21-9)17-16(20)18-15-12-4-3-11(7-12)14(15)8-19/h9-15,19H,3-8H2,1-2H3,(H2,17,18,20). The van der Waals surface area contributed by atoms with E-state index >= 15 is 0 Å². The van der Waals surface area contributed by atoms with Crippen molar-refractivity contribution in [1.29, 1.82) is 0 Å². The minimum atomic E-state index is -0.0719. The smallest absolute Gasteiger partial charge is 0.315 e. The van der Waals surface area contributed by atoms with Crippen LogP contribution in [0.4, 0.5) is 4.79 Å². The van der Waals surface area contributed by atoms with Crippen molar-refractivity contribution in [3.8, 4) is 0 Å². The van der Waals surface area contributed by atoms with Crippen LogP contribution in [0, 0.1) is 17.8 Å². The summed E-state index contributed by atoms with van der Waals surface area (Å²) in [6.45, 7) is 4.30. The maximum absolute atomic E-state index is 12.3. The van der Waals surface area contributed by atoms with Crippen LogP contribution in [0.15, 0.2) is 0 Å². The van der Waals surface area contributed by atoms with Crippen molar-refractivity contribution >= 4 is 6.03 Å². The molecule has 1 aliphatic heterocycles. The van der Waals surface area contributed by atoms with Gasteiger partial charge in [-0.3, -0.25) is 0 Å². The van der Waals surface area contributed by atoms with E-state index in [4.69, 9.17) is 4.74 Å². The predicted octanol–water partition coefficient (Wildman–Crippen LogP) is 1.65. The van der Waals surface area contributed by atoms with Crippen LogP contribution in [-0.4, -0.2) is 42.0 Å². The number of urea groups is 1. The summed E-state index contributed by atoms with van der Waals surface area (Å²) in [5.41, 5.74) is 0. The lowest BCUT2D eigenvalue weighted by molar-refractivity contribution is -0.0402. The first-order valence-electron chi connectivity index (χ1n) is 8.40. The molecule has 3 rings (SSSR count). The number of hydrogen-bond donors (Lipinski definition) is 3. The molecule has 2 bridgehead atoms. The summed E-state index contributed by atoms with van der Waals surface area (Å²) in [5, 5.41) is 15.8. The van der Waals surface area contributed by atoms with Gasteiger partial charge in [0.15, 0.2) is 0 Å². The number of nitrogens with one attached hydrogen (secondary N) is 2. The molecule has 5 nitrogen and oxygen atoms in total. The lowest BCUT2D eigenvalue weighted by atomic mass is 9.85. The average molecular weight is 296 g/mol. The summed E-state index contributed by atoms with van der Waals surface area (Å²) in [6, 6.07) is 0.274. The highest BCUT2D eigenvalue weighted by atomic mass is 16.5. The van der Waals surface area contributed by atoms with Gasteiger partial charge in [0.2, 0.25) is 0 Å². The fourth-order valence-electron chi connectivity index (χ4n) is 4.80. The highest BCUT2D eigenvalue weighted by Crippen LogP contribution is 2.48. The largest absolute Gasteiger partial charge is 0.396 e. The Kier molecular flexibility index (Phi) is 4.41. The normalized spacial score (nSPS) is 45.6. The molecule has 1 saturated heterocycles. The predicted molar refractivity (Wildman–Crippen MR) is 79.9 cm³/mol. The summed E-state index contributed by atoms with van der Waals surface area (Å²) in [5.74, 6) is 1.42. The minimum Gasteiger partial charge on any atom is -0.396 e. The summed E-state index contributed by atoms with van der Waals surface area (Å²) < 4.78 is 5.70. The molecule has 3 aliphatic rings. The van der Waals surface area contributed by atoms with Gasteiger partial charge < -0.3 is 20.5 Å². The van der Waals surface area contributed by atoms with E-state index in [0.29, 0.717) is 11.8 Å². The van der Waals surface area contributed by atoms with Crippen molar-refractivity contribution in [3.63, 3.8) is 0 Å². The van der Waals surface area contributed by atoms with Gasteiger partial charge in [-0.2, -0.15) is 0 Å². The number of carbonyl (C=O) groups is 1. The van der Waals surface area contributed by atoms with Crippen molar-refractivity contribution in [3.05, 3.63) is 0 Å². The Morgan fingerprint density at radius 1 is 1.10 bits per heavy atom. The fourth-order valence-corrected chi connectivity index (χ4v) is 4.80. The number of aliphatic hydroxyl groups is 1. The zero-order valence-electron chi connectivity index (χ0n) is 13.0. The Hall–Kier alpha value is -0.810. The quantitative estimate of drug-likeness (QED) is 0.741. The molecule has 6 atom stereocenters. The van der Waals surface area contributed by atoms with Crippen molar-refractivity contribution < 1.29 is 14.6 Å². The summed E-state index contributed by atoms with van der Waals surface area (Å²) in [7, 11) is 0. The Balaban J connectivity index is 1.52. The maximum Gasteiger partial charge on any atom is 0.315 e. The molecule has 6 unspecified atom stereocenters. The third kappa shape index (κ3) is 3.19. The molecular formula is C16H28N2O3. The Morgan fingerprint density at radius 2 is 1.76 bits per heavy atom. The van der Waals surface area contributed by atoms with E-state index in [1.807, 2.05) is 0 Å². The van der Waals surface area contributed by atoms with Gasteiger partial charge in [0.1, 0.15) is 0 Å². The molecular weight excluding hydrogens is 268 g/mol.